The summed E-state index contributed by atoms with van der Waals surface area (Å²) in [5.41, 5.74) is 0.142. The van der Waals surface area contributed by atoms with Crippen LogP contribution < -0.4 is 20.7 Å². The highest BCUT2D eigenvalue weighted by Crippen LogP contribution is 2.36. The van der Waals surface area contributed by atoms with Crippen LogP contribution in [0.15, 0.2) is 36.5 Å². The van der Waals surface area contributed by atoms with Gasteiger partial charge >= 0.3 is 6.18 Å². The number of pyridine rings is 1. The first-order valence-corrected chi connectivity index (χ1v) is 12.3. The Hall–Kier alpha value is -3.18. The van der Waals surface area contributed by atoms with Crippen LogP contribution in [0, 0.1) is 5.92 Å². The molecule has 8 nitrogen and oxygen atoms in total. The Morgan fingerprint density at radius 1 is 1.19 bits per heavy atom. The zero-order valence-electron chi connectivity index (χ0n) is 21.2. The molecule has 0 bridgehead atoms. The van der Waals surface area contributed by atoms with Gasteiger partial charge in [-0.05, 0) is 29.7 Å². The molecule has 1 saturated heterocycles. The molecule has 2 heterocycles. The third-order valence-corrected chi connectivity index (χ3v) is 5.77. The number of hydrogen-bond donors (Lipinski definition) is 3. The highest BCUT2D eigenvalue weighted by atomic mass is 19.4. The number of carbonyl (C=O) groups excluding carboxylic acids is 2. The maximum Gasteiger partial charge on any atom is 0.416 e. The van der Waals surface area contributed by atoms with Crippen LogP contribution in [0.1, 0.15) is 68.1 Å². The van der Waals surface area contributed by atoms with Gasteiger partial charge in [-0.1, -0.05) is 32.9 Å². The summed E-state index contributed by atoms with van der Waals surface area (Å²) >= 11 is 0. The zero-order chi connectivity index (χ0) is 27.0. The second-order valence-electron chi connectivity index (χ2n) is 9.11. The summed E-state index contributed by atoms with van der Waals surface area (Å²) in [4.78, 5) is 28.7. The third kappa shape index (κ3) is 8.16. The van der Waals surface area contributed by atoms with Crippen molar-refractivity contribution in [3.05, 3.63) is 58.8 Å². The number of carbonyl (C=O) groups is 2. The lowest BCUT2D eigenvalue weighted by Gasteiger charge is -2.33. The number of amides is 2. The van der Waals surface area contributed by atoms with E-state index in [1.54, 1.807) is 26.0 Å². The van der Waals surface area contributed by atoms with Crippen LogP contribution in [0.25, 0.3) is 0 Å². The largest absolute Gasteiger partial charge is 0.475 e. The summed E-state index contributed by atoms with van der Waals surface area (Å²) in [5.74, 6) is -0.474. The monoisotopic (exact) mass is 522 g/mol. The van der Waals surface area contributed by atoms with E-state index in [1.807, 2.05) is 6.92 Å². The Bertz CT molecular complexity index is 1060. The highest BCUT2D eigenvalue weighted by molar-refractivity contribution is 5.78. The average Bonchev–Trinajstić information content (AvgIpc) is 2.86. The van der Waals surface area contributed by atoms with E-state index in [0.29, 0.717) is 36.8 Å². The fraction of sp³-hybridized carbons (Fsp3) is 0.500. The predicted molar refractivity (Wildman–Crippen MR) is 130 cm³/mol. The lowest BCUT2D eigenvalue weighted by molar-refractivity contribution is -0.139. The van der Waals surface area contributed by atoms with Crippen molar-refractivity contribution in [3.8, 4) is 5.88 Å². The molecule has 0 radical (unpaired) electrons. The number of nitrogens with zero attached hydrogens (tertiary/aromatic N) is 1. The molecule has 1 aromatic carbocycles. The van der Waals surface area contributed by atoms with Gasteiger partial charge in [-0.2, -0.15) is 13.2 Å². The van der Waals surface area contributed by atoms with Crippen molar-refractivity contribution in [3.63, 3.8) is 0 Å². The first-order valence-electron chi connectivity index (χ1n) is 12.3. The van der Waals surface area contributed by atoms with Gasteiger partial charge in [0.15, 0.2) is 0 Å². The molecule has 11 heteroatoms. The predicted octanol–water partition coefficient (Wildman–Crippen LogP) is 4.03. The average molecular weight is 523 g/mol. The van der Waals surface area contributed by atoms with Crippen LogP contribution in [0.4, 0.5) is 13.2 Å². The van der Waals surface area contributed by atoms with E-state index < -0.39 is 29.9 Å². The Kier molecular flexibility index (Phi) is 9.87. The van der Waals surface area contributed by atoms with Crippen LogP contribution in [-0.4, -0.2) is 36.6 Å². The Morgan fingerprint density at radius 2 is 1.97 bits per heavy atom. The molecule has 1 aliphatic heterocycles. The molecule has 0 saturated carbocycles. The first kappa shape index (κ1) is 28.4. The number of alkyl halides is 3. The quantitative estimate of drug-likeness (QED) is 0.386. The van der Waals surface area contributed by atoms with Gasteiger partial charge in [0.25, 0.3) is 0 Å². The molecular weight excluding hydrogens is 489 g/mol. The third-order valence-electron chi connectivity index (χ3n) is 5.77. The molecule has 1 aromatic heterocycles. The molecule has 37 heavy (non-hydrogen) atoms. The summed E-state index contributed by atoms with van der Waals surface area (Å²) in [6, 6.07) is 6.48. The lowest BCUT2D eigenvalue weighted by atomic mass is 9.96. The van der Waals surface area contributed by atoms with Crippen LogP contribution in [-0.2, 0) is 27.0 Å². The molecule has 2 unspecified atom stereocenters. The Morgan fingerprint density at radius 3 is 2.62 bits per heavy atom. The molecule has 2 amide bonds. The van der Waals surface area contributed by atoms with Crippen molar-refractivity contribution in [2.24, 2.45) is 5.92 Å². The Balaban J connectivity index is 1.76. The number of halogens is 3. The van der Waals surface area contributed by atoms with Gasteiger partial charge in [-0.15, -0.1) is 0 Å². The van der Waals surface area contributed by atoms with Gasteiger partial charge in [0.1, 0.15) is 12.8 Å². The van der Waals surface area contributed by atoms with Crippen LogP contribution in [0.2, 0.25) is 0 Å². The number of benzene rings is 1. The lowest BCUT2D eigenvalue weighted by Crippen LogP contribution is -2.47. The first-order chi connectivity index (χ1) is 17.6. The zero-order valence-corrected chi connectivity index (χ0v) is 21.2. The minimum atomic E-state index is -4.63. The minimum absolute atomic E-state index is 0.0364. The van der Waals surface area contributed by atoms with E-state index in [1.165, 1.54) is 18.3 Å². The van der Waals surface area contributed by atoms with Crippen molar-refractivity contribution in [2.45, 2.75) is 58.5 Å². The highest BCUT2D eigenvalue weighted by Gasteiger charge is 2.38. The van der Waals surface area contributed by atoms with Gasteiger partial charge in [0.2, 0.25) is 17.7 Å². The van der Waals surface area contributed by atoms with Crippen LogP contribution in [0.3, 0.4) is 0 Å². The second kappa shape index (κ2) is 12.9. The maximum absolute atomic E-state index is 13.8. The topological polar surface area (TPSA) is 102 Å². The van der Waals surface area contributed by atoms with Gasteiger partial charge in [-0.3, -0.25) is 14.9 Å². The smallest absolute Gasteiger partial charge is 0.416 e. The van der Waals surface area contributed by atoms with Crippen molar-refractivity contribution < 1.29 is 32.2 Å². The molecule has 0 aliphatic carbocycles. The van der Waals surface area contributed by atoms with Gasteiger partial charge in [-0.25, -0.2) is 4.98 Å². The van der Waals surface area contributed by atoms with Crippen molar-refractivity contribution >= 4 is 11.8 Å². The van der Waals surface area contributed by atoms with Gasteiger partial charge in [0, 0.05) is 49.4 Å². The molecule has 1 fully saturated rings. The normalized spacial score (nSPS) is 18.0. The fourth-order valence-electron chi connectivity index (χ4n) is 3.84. The van der Waals surface area contributed by atoms with E-state index in [-0.39, 0.29) is 30.4 Å². The second-order valence-corrected chi connectivity index (χ2v) is 9.11. The minimum Gasteiger partial charge on any atom is -0.475 e. The summed E-state index contributed by atoms with van der Waals surface area (Å²) in [6.07, 6.45) is -3.22. The van der Waals surface area contributed by atoms with E-state index in [4.69, 9.17) is 9.47 Å². The molecule has 202 valence electrons. The van der Waals surface area contributed by atoms with E-state index in [9.17, 15) is 22.8 Å². The molecule has 3 rings (SSSR count). The van der Waals surface area contributed by atoms with E-state index in [0.717, 1.165) is 12.5 Å². The number of aromatic nitrogens is 1. The molecule has 0 spiro atoms. The number of hydrogen-bond acceptors (Lipinski definition) is 6. The molecule has 2 atom stereocenters. The summed E-state index contributed by atoms with van der Waals surface area (Å²) in [5, 5.41) is 8.42. The Labute approximate surface area is 214 Å². The molecular formula is C26H33F3N4O4. The van der Waals surface area contributed by atoms with Gasteiger partial charge < -0.3 is 20.1 Å². The van der Waals surface area contributed by atoms with Gasteiger partial charge in [0.05, 0.1) is 12.2 Å². The summed E-state index contributed by atoms with van der Waals surface area (Å²) in [6.45, 7) is 6.96. The SMILES string of the molecule is CCCOCCOc1ccc(C2CC(=O)NC(c3cc(CNC(=O)C(C)C)ccc3C(F)(F)F)N2)cn1. The fourth-order valence-corrected chi connectivity index (χ4v) is 3.84. The van der Waals surface area contributed by atoms with Crippen LogP contribution in [0.5, 0.6) is 5.88 Å². The number of nitrogens with one attached hydrogen (secondary N) is 3. The number of ether oxygens (including phenoxy) is 2. The standard InChI is InChI=1S/C26H33F3N4O4/c1-4-9-36-10-11-37-23-8-6-18(15-30-23)21-13-22(34)33-24(32-21)19-12-17(14-31-25(35)16(2)3)5-7-20(19)26(27,28)29/h5-8,12,15-16,21,24,32H,4,9-11,13-14H2,1-3H3,(H,31,35)(H,33,34). The van der Waals surface area contributed by atoms with Crippen molar-refractivity contribution in [2.75, 3.05) is 19.8 Å². The van der Waals surface area contributed by atoms with E-state index >= 15 is 0 Å². The molecule has 1 aliphatic rings. The molecule has 2 aromatic rings. The van der Waals surface area contributed by atoms with E-state index in [2.05, 4.69) is 20.9 Å². The van der Waals surface area contributed by atoms with Crippen molar-refractivity contribution in [1.29, 1.82) is 0 Å². The number of rotatable bonds is 11. The summed E-state index contributed by atoms with van der Waals surface area (Å²) in [7, 11) is 0. The van der Waals surface area contributed by atoms with Crippen molar-refractivity contribution in [1.82, 2.24) is 20.9 Å². The summed E-state index contributed by atoms with van der Waals surface area (Å²) < 4.78 is 52.4. The van der Waals surface area contributed by atoms with Crippen LogP contribution >= 0.6 is 0 Å². The maximum atomic E-state index is 13.8. The molecule has 3 N–H and O–H groups in total.